The maximum Gasteiger partial charge on any atom is 0.257 e. The van der Waals surface area contributed by atoms with Crippen LogP contribution in [0.3, 0.4) is 0 Å². The first-order chi connectivity index (χ1) is 10.5. The molecule has 1 saturated carbocycles. The lowest BCUT2D eigenvalue weighted by Gasteiger charge is -2.29. The molecule has 1 aliphatic carbocycles. The van der Waals surface area contributed by atoms with Crippen LogP contribution in [-0.4, -0.2) is 23.3 Å². The fourth-order valence-electron chi connectivity index (χ4n) is 3.10. The molecular weight excluding hydrogens is 274 g/mol. The first kappa shape index (κ1) is 18.9. The molecule has 0 atom stereocenters. The molecule has 0 aromatic rings. The number of imide groups is 1. The van der Waals surface area contributed by atoms with E-state index in [0.717, 1.165) is 18.8 Å². The zero-order valence-corrected chi connectivity index (χ0v) is 15.1. The molecule has 22 heavy (non-hydrogen) atoms. The second kappa shape index (κ2) is 9.12. The van der Waals surface area contributed by atoms with Crippen molar-refractivity contribution >= 4 is 11.8 Å². The van der Waals surface area contributed by atoms with Crippen LogP contribution in [0, 0.1) is 11.8 Å². The quantitative estimate of drug-likeness (QED) is 0.705. The summed E-state index contributed by atoms with van der Waals surface area (Å²) in [5.74, 6) is 1.21. The molecule has 0 aromatic carbocycles. The zero-order valence-electron chi connectivity index (χ0n) is 15.1. The van der Waals surface area contributed by atoms with E-state index in [0.29, 0.717) is 30.0 Å². The predicted octanol–water partition coefficient (Wildman–Crippen LogP) is 4.71. The lowest BCUT2D eigenvalue weighted by atomic mass is 9.83. The van der Waals surface area contributed by atoms with Crippen LogP contribution in [0.4, 0.5) is 0 Å². The monoisotopic (exact) mass is 307 g/mol. The van der Waals surface area contributed by atoms with Gasteiger partial charge in [0.15, 0.2) is 0 Å². The van der Waals surface area contributed by atoms with Crippen molar-refractivity contribution < 1.29 is 9.59 Å². The van der Waals surface area contributed by atoms with Gasteiger partial charge in [0.2, 0.25) is 0 Å². The zero-order chi connectivity index (χ0) is 16.7. The third-order valence-corrected chi connectivity index (χ3v) is 4.95. The fraction of sp³-hybridized carbons (Fsp3) is 0.789. The molecule has 0 spiro atoms. The van der Waals surface area contributed by atoms with Crippen molar-refractivity contribution in [3.8, 4) is 0 Å². The third kappa shape index (κ3) is 4.69. The normalized spacial score (nSPS) is 25.4. The van der Waals surface area contributed by atoms with E-state index in [-0.39, 0.29) is 11.8 Å². The minimum atomic E-state index is -0.0597. The molecule has 126 valence electrons. The van der Waals surface area contributed by atoms with Crippen LogP contribution in [0.15, 0.2) is 11.1 Å². The molecular formula is C19H33NO2. The highest BCUT2D eigenvalue weighted by Gasteiger charge is 2.36. The molecule has 2 amide bonds. The van der Waals surface area contributed by atoms with Crippen LogP contribution < -0.4 is 0 Å². The van der Waals surface area contributed by atoms with Gasteiger partial charge in [-0.05, 0) is 38.0 Å². The topological polar surface area (TPSA) is 37.4 Å². The molecule has 1 aliphatic heterocycles. The lowest BCUT2D eigenvalue weighted by molar-refractivity contribution is -0.138. The van der Waals surface area contributed by atoms with Crippen LogP contribution >= 0.6 is 0 Å². The number of nitrogens with zero attached hydrogens (tertiary/aromatic N) is 1. The van der Waals surface area contributed by atoms with Gasteiger partial charge < -0.3 is 0 Å². The summed E-state index contributed by atoms with van der Waals surface area (Å²) in [6, 6.07) is 0. The molecule has 3 nitrogen and oxygen atoms in total. The van der Waals surface area contributed by atoms with Crippen molar-refractivity contribution in [1.29, 1.82) is 0 Å². The van der Waals surface area contributed by atoms with Gasteiger partial charge in [-0.3, -0.25) is 14.5 Å². The van der Waals surface area contributed by atoms with Crippen LogP contribution in [0.25, 0.3) is 0 Å². The van der Waals surface area contributed by atoms with E-state index >= 15 is 0 Å². The Kier molecular flexibility index (Phi) is 7.84. The number of carbonyl (C=O) groups excluding carboxylic acids is 2. The summed E-state index contributed by atoms with van der Waals surface area (Å²) in [6.07, 6.45) is 8.06. The number of unbranched alkanes of at least 4 members (excludes halogenated alkanes) is 1. The van der Waals surface area contributed by atoms with Gasteiger partial charge in [-0.1, -0.05) is 53.4 Å². The lowest BCUT2D eigenvalue weighted by Crippen LogP contribution is -2.37. The smallest absolute Gasteiger partial charge is 0.257 e. The van der Waals surface area contributed by atoms with Crippen molar-refractivity contribution in [1.82, 2.24) is 4.90 Å². The van der Waals surface area contributed by atoms with Crippen LogP contribution in [0.1, 0.15) is 79.6 Å². The van der Waals surface area contributed by atoms with Crippen LogP contribution in [-0.2, 0) is 9.59 Å². The van der Waals surface area contributed by atoms with E-state index in [9.17, 15) is 9.59 Å². The number of amides is 2. The summed E-state index contributed by atoms with van der Waals surface area (Å²) < 4.78 is 0. The molecule has 0 unspecified atom stereocenters. The van der Waals surface area contributed by atoms with E-state index in [1.807, 2.05) is 6.92 Å². The summed E-state index contributed by atoms with van der Waals surface area (Å²) >= 11 is 0. The highest BCUT2D eigenvalue weighted by molar-refractivity contribution is 6.18. The molecule has 0 saturated heterocycles. The van der Waals surface area contributed by atoms with Gasteiger partial charge in [0.1, 0.15) is 0 Å². The van der Waals surface area contributed by atoms with Gasteiger partial charge >= 0.3 is 0 Å². The maximum atomic E-state index is 12.1. The molecule has 2 rings (SSSR count). The number of hydrogen-bond acceptors (Lipinski definition) is 2. The Morgan fingerprint density at radius 2 is 1.50 bits per heavy atom. The summed E-state index contributed by atoms with van der Waals surface area (Å²) in [5.41, 5.74) is 1.37. The van der Waals surface area contributed by atoms with Crippen molar-refractivity contribution in [3.05, 3.63) is 11.1 Å². The molecule has 0 radical (unpaired) electrons. The van der Waals surface area contributed by atoms with E-state index in [4.69, 9.17) is 0 Å². The van der Waals surface area contributed by atoms with Crippen molar-refractivity contribution in [2.75, 3.05) is 6.54 Å². The average molecular weight is 307 g/mol. The van der Waals surface area contributed by atoms with E-state index in [1.165, 1.54) is 30.6 Å². The first-order valence-corrected chi connectivity index (χ1v) is 9.02. The second-order valence-electron chi connectivity index (χ2n) is 6.80. The molecule has 0 aromatic heterocycles. The highest BCUT2D eigenvalue weighted by Crippen LogP contribution is 2.31. The third-order valence-electron chi connectivity index (χ3n) is 4.95. The van der Waals surface area contributed by atoms with Crippen LogP contribution in [0.5, 0.6) is 0 Å². The van der Waals surface area contributed by atoms with Crippen LogP contribution in [0.2, 0.25) is 0 Å². The number of hydrogen-bond donors (Lipinski definition) is 0. The van der Waals surface area contributed by atoms with Gasteiger partial charge in [0.05, 0.1) is 0 Å². The summed E-state index contributed by atoms with van der Waals surface area (Å²) in [5, 5.41) is 0. The minimum Gasteiger partial charge on any atom is -0.275 e. The van der Waals surface area contributed by atoms with Gasteiger partial charge in [-0.2, -0.15) is 0 Å². The number of carbonyl (C=O) groups is 2. The summed E-state index contributed by atoms with van der Waals surface area (Å²) in [4.78, 5) is 25.7. The maximum absolute atomic E-state index is 12.1. The summed E-state index contributed by atoms with van der Waals surface area (Å²) in [7, 11) is 0. The van der Waals surface area contributed by atoms with Crippen molar-refractivity contribution in [2.45, 2.75) is 79.6 Å². The number of rotatable bonds is 4. The fourth-order valence-corrected chi connectivity index (χ4v) is 3.10. The Morgan fingerprint density at radius 3 is 1.91 bits per heavy atom. The van der Waals surface area contributed by atoms with Gasteiger partial charge in [0.25, 0.3) is 11.8 Å². The largest absolute Gasteiger partial charge is 0.275 e. The van der Waals surface area contributed by atoms with Gasteiger partial charge in [-0.15, -0.1) is 0 Å². The van der Waals surface area contributed by atoms with E-state index < -0.39 is 0 Å². The molecule has 0 N–H and O–H groups in total. The molecule has 1 heterocycles. The molecule has 3 heteroatoms. The van der Waals surface area contributed by atoms with E-state index in [2.05, 4.69) is 20.8 Å². The first-order valence-electron chi connectivity index (χ1n) is 9.02. The van der Waals surface area contributed by atoms with Crippen molar-refractivity contribution in [2.24, 2.45) is 11.8 Å². The standard InChI is InChI=1S/C15H23NO2.C4H10/c1-4-13-11(3)14(17)16(15(13)18)9-12-7-5-10(2)6-8-12;1-3-4-2/h10,12H,4-9H2,1-3H3;3-4H2,1-2H3. The Hall–Kier alpha value is -1.12. The van der Waals surface area contributed by atoms with Crippen molar-refractivity contribution in [3.63, 3.8) is 0 Å². The minimum absolute atomic E-state index is 0.0429. The Balaban J connectivity index is 0.000000541. The Morgan fingerprint density at radius 1 is 0.955 bits per heavy atom. The van der Waals surface area contributed by atoms with Gasteiger partial charge in [-0.25, -0.2) is 0 Å². The van der Waals surface area contributed by atoms with Gasteiger partial charge in [0, 0.05) is 17.7 Å². The Bertz CT molecular complexity index is 415. The Labute approximate surface area is 136 Å². The summed E-state index contributed by atoms with van der Waals surface area (Å²) in [6.45, 7) is 11.0. The second-order valence-corrected chi connectivity index (χ2v) is 6.80. The average Bonchev–Trinajstić information content (AvgIpc) is 2.73. The molecule has 2 aliphatic rings. The highest BCUT2D eigenvalue weighted by atomic mass is 16.2. The molecule has 0 bridgehead atoms. The molecule has 1 fully saturated rings. The SMILES string of the molecule is CCC1=C(C)C(=O)N(CC2CCC(C)CC2)C1=O.CCCC. The predicted molar refractivity (Wildman–Crippen MR) is 91.4 cm³/mol. The van der Waals surface area contributed by atoms with E-state index in [1.54, 1.807) is 6.92 Å².